The van der Waals surface area contributed by atoms with Crippen LogP contribution in [0.15, 0.2) is 47.6 Å². The number of fused-ring (bicyclic) bond motifs is 2. The fourth-order valence-corrected chi connectivity index (χ4v) is 13.6. The number of rotatable bonds is 8. The second kappa shape index (κ2) is 43.5. The van der Waals surface area contributed by atoms with E-state index < -0.39 is 182 Å². The molecule has 0 aromatic heterocycles. The lowest BCUT2D eigenvalue weighted by Crippen LogP contribution is -2.64. The minimum absolute atomic E-state index is 0.00878. The van der Waals surface area contributed by atoms with Crippen molar-refractivity contribution in [2.75, 3.05) is 14.1 Å². The number of nitrogens with zero attached hydrogens (tertiary/aromatic N) is 1. The first kappa shape index (κ1) is 87.8. The fraction of sp³-hybridized carbons (Fsp3) is 0.877. The lowest BCUT2D eigenvalue weighted by molar-refractivity contribution is -0.351. The summed E-state index contributed by atoms with van der Waals surface area (Å²) in [6, 6.07) is -0.781. The van der Waals surface area contributed by atoms with Gasteiger partial charge in [0.1, 0.15) is 12.2 Å². The molecular weight excluding hydrogens is 1240 g/mol. The van der Waals surface area contributed by atoms with Crippen molar-refractivity contribution in [3.63, 3.8) is 0 Å². The number of hydrogen-bond donors (Lipinski definition) is 17. The Hall–Kier alpha value is -2.41. The summed E-state index contributed by atoms with van der Waals surface area (Å²) in [5, 5.41) is 191. The van der Waals surface area contributed by atoms with Gasteiger partial charge in [-0.2, -0.15) is 0 Å². The summed E-state index contributed by atoms with van der Waals surface area (Å²) >= 11 is 0. The number of carbonyl (C=O) groups is 1. The van der Waals surface area contributed by atoms with Crippen LogP contribution in [0, 0.1) is 41.4 Å². The Morgan fingerprint density at radius 2 is 1.21 bits per heavy atom. The van der Waals surface area contributed by atoms with Gasteiger partial charge >= 0.3 is 5.97 Å². The molecular formula is C73H133NO22. The van der Waals surface area contributed by atoms with Crippen molar-refractivity contribution in [2.45, 2.75) is 351 Å². The minimum atomic E-state index is -2.26. The van der Waals surface area contributed by atoms with Crippen molar-refractivity contribution in [1.29, 1.82) is 0 Å². The molecule has 2 bridgehead atoms. The normalized spacial score (nSPS) is 43.0. The van der Waals surface area contributed by atoms with Crippen LogP contribution in [-0.2, 0) is 23.7 Å². The van der Waals surface area contributed by atoms with Crippen LogP contribution in [0.4, 0.5) is 0 Å². The van der Waals surface area contributed by atoms with Crippen LogP contribution in [0.25, 0.3) is 0 Å². The minimum Gasteiger partial charge on any atom is -0.458 e. The Kier molecular flexibility index (Phi) is 39.8. The van der Waals surface area contributed by atoms with Gasteiger partial charge in [0, 0.05) is 48.9 Å². The van der Waals surface area contributed by atoms with E-state index in [1.165, 1.54) is 12.2 Å². The average Bonchev–Trinajstić information content (AvgIpc) is 0.771. The fourth-order valence-electron chi connectivity index (χ4n) is 13.6. The number of ether oxygens (including phenoxy) is 4. The highest BCUT2D eigenvalue weighted by atomic mass is 16.7. The van der Waals surface area contributed by atoms with Crippen molar-refractivity contribution in [3.8, 4) is 0 Å². The number of carbonyl (C=O) groups excluding carboxylic acids is 1. The lowest BCUT2D eigenvalue weighted by atomic mass is 9.80. The largest absolute Gasteiger partial charge is 0.458 e. The molecule has 3 aliphatic heterocycles. The molecule has 2 fully saturated rings. The highest BCUT2D eigenvalue weighted by Crippen LogP contribution is 2.42. The van der Waals surface area contributed by atoms with Gasteiger partial charge in [0.05, 0.1) is 122 Å². The van der Waals surface area contributed by atoms with Gasteiger partial charge in [-0.25, -0.2) is 0 Å². The Balaban J connectivity index is 1.86. The van der Waals surface area contributed by atoms with E-state index in [1.54, 1.807) is 106 Å². The molecule has 0 aromatic rings. The number of aliphatic hydroxyl groups excluding tert-OH is 16. The highest BCUT2D eigenvalue weighted by molar-refractivity contribution is 5.71. The topological polar surface area (TPSA) is 401 Å². The Morgan fingerprint density at radius 1 is 0.625 bits per heavy atom. The van der Waals surface area contributed by atoms with Crippen molar-refractivity contribution < 1.29 is 111 Å². The molecule has 96 heavy (non-hydrogen) atoms. The molecule has 0 radical (unpaired) electrons. The third kappa shape index (κ3) is 29.5. The number of esters is 1. The molecule has 30 unspecified atom stereocenters. The summed E-state index contributed by atoms with van der Waals surface area (Å²) in [6.45, 7) is 19.4. The molecule has 2 saturated heterocycles. The zero-order valence-electron chi connectivity index (χ0n) is 60.1. The second-order valence-corrected chi connectivity index (χ2v) is 29.7. The number of allylic oxidation sites excluding steroid dienone is 2. The van der Waals surface area contributed by atoms with Crippen LogP contribution < -0.4 is 0 Å². The molecule has 562 valence electrons. The molecule has 3 aliphatic rings. The van der Waals surface area contributed by atoms with Gasteiger partial charge in [-0.3, -0.25) is 4.79 Å². The van der Waals surface area contributed by atoms with E-state index in [2.05, 4.69) is 13.8 Å². The average molecular weight is 1380 g/mol. The van der Waals surface area contributed by atoms with Crippen LogP contribution in [0.2, 0.25) is 0 Å². The van der Waals surface area contributed by atoms with Crippen molar-refractivity contribution in [3.05, 3.63) is 47.6 Å². The molecule has 3 rings (SSSR count). The monoisotopic (exact) mass is 1380 g/mol. The molecule has 23 heteroatoms. The molecule has 0 saturated carbocycles. The van der Waals surface area contributed by atoms with Gasteiger partial charge in [0.2, 0.25) is 0 Å². The third-order valence-corrected chi connectivity index (χ3v) is 21.3. The van der Waals surface area contributed by atoms with E-state index in [4.69, 9.17) is 18.9 Å². The summed E-state index contributed by atoms with van der Waals surface area (Å²) < 4.78 is 24.5. The predicted octanol–water partition coefficient (Wildman–Crippen LogP) is 4.50. The van der Waals surface area contributed by atoms with E-state index in [9.17, 15) is 91.6 Å². The summed E-state index contributed by atoms with van der Waals surface area (Å²) in [5.74, 6) is -6.45. The molecule has 0 spiro atoms. The molecule has 17 N–H and O–H groups in total. The first-order valence-electron chi connectivity index (χ1n) is 36.1. The molecule has 0 aromatic carbocycles. The lowest BCUT2D eigenvalue weighted by Gasteiger charge is -2.50. The molecule has 30 atom stereocenters. The highest BCUT2D eigenvalue weighted by Gasteiger charge is 2.53. The molecule has 0 amide bonds. The van der Waals surface area contributed by atoms with Gasteiger partial charge in [0.15, 0.2) is 12.1 Å². The van der Waals surface area contributed by atoms with Crippen molar-refractivity contribution in [2.24, 2.45) is 41.4 Å². The van der Waals surface area contributed by atoms with Gasteiger partial charge in [-0.15, -0.1) is 0 Å². The smallest absolute Gasteiger partial charge is 0.311 e. The number of aliphatic hydroxyl groups is 17. The van der Waals surface area contributed by atoms with Crippen molar-refractivity contribution >= 4 is 5.97 Å². The number of hydrogen-bond acceptors (Lipinski definition) is 23. The van der Waals surface area contributed by atoms with Gasteiger partial charge < -0.3 is 111 Å². The van der Waals surface area contributed by atoms with Crippen LogP contribution in [0.5, 0.6) is 0 Å². The van der Waals surface area contributed by atoms with E-state index in [0.29, 0.717) is 42.7 Å². The standard InChI is InChI=1S/C73H133NO22/c1-14-41(2)20-17-22-51-34-44(5)63(86)37-53(76)24-19-27-58(81)46(7)57(80)25-16-15-21-43(4)68(88)48(9)64-39-65(95-72-71(91)67(74(12)13)69(89)50(11)94-72)49(10)73(92,96-64)40-66(87)93-45(6)29-30-54(77)35-52(75)23-18-26-59(82)47(8)60(83)32-28-42(3)62(85)38-56(79)36-55(78)31-33-61(84)70(51)90/h15-16,21,29-30,34,41-42,45-65,67-72,75-86,88-92H,14,17-20,22-28,31-33,35-40H2,1-13H3. The first-order valence-corrected chi connectivity index (χ1v) is 36.1. The van der Waals surface area contributed by atoms with E-state index >= 15 is 0 Å². The van der Waals surface area contributed by atoms with Crippen molar-refractivity contribution in [1.82, 2.24) is 4.90 Å². The SMILES string of the molecule is CCC(C)CCCC1C=C(C)C(O)CC(O)CCCC(O)C(C)C(O)CC=CC=C(C)C(O)C(C)C2CC(OC3OC(C)C(O)C(N(C)C)C3O)C(C)C(O)(CC(=O)OC(C)C=CC(O)CC(O)CCCC(O)C(C)C(O)CCC(C)C(O)CC(O)CC(O)CCC(O)C1O)O2. The zero-order chi connectivity index (χ0) is 72.5. The summed E-state index contributed by atoms with van der Waals surface area (Å²) in [6.07, 6.45) is -7.61. The van der Waals surface area contributed by atoms with Crippen LogP contribution in [0.3, 0.4) is 0 Å². The maximum atomic E-state index is 13.7. The van der Waals surface area contributed by atoms with Crippen LogP contribution in [-0.4, -0.2) is 252 Å². The van der Waals surface area contributed by atoms with Gasteiger partial charge in [-0.1, -0.05) is 98.1 Å². The van der Waals surface area contributed by atoms with E-state index in [1.807, 2.05) is 0 Å². The van der Waals surface area contributed by atoms with Crippen LogP contribution >= 0.6 is 0 Å². The Bertz CT molecular complexity index is 2280. The quantitative estimate of drug-likeness (QED) is 0.117. The van der Waals surface area contributed by atoms with Gasteiger partial charge in [-0.05, 0) is 161 Å². The zero-order valence-corrected chi connectivity index (χ0v) is 60.1. The summed E-state index contributed by atoms with van der Waals surface area (Å²) in [5.41, 5.74) is 0.999. The Labute approximate surface area is 573 Å². The summed E-state index contributed by atoms with van der Waals surface area (Å²) in [7, 11) is 3.40. The molecule has 0 aliphatic carbocycles. The van der Waals surface area contributed by atoms with Crippen LogP contribution in [0.1, 0.15) is 211 Å². The number of likely N-dealkylation sites (N-methyl/N-ethyl adjacent to an activating group) is 1. The maximum absolute atomic E-state index is 13.7. The molecule has 23 nitrogen and oxygen atoms in total. The second-order valence-electron chi connectivity index (χ2n) is 29.7. The first-order chi connectivity index (χ1) is 44.9. The number of cyclic esters (lactones) is 1. The summed E-state index contributed by atoms with van der Waals surface area (Å²) in [4.78, 5) is 15.4. The molecule has 3 heterocycles. The van der Waals surface area contributed by atoms with E-state index in [-0.39, 0.29) is 89.4 Å². The van der Waals surface area contributed by atoms with E-state index in [0.717, 1.165) is 19.3 Å². The Morgan fingerprint density at radius 3 is 1.82 bits per heavy atom. The predicted molar refractivity (Wildman–Crippen MR) is 365 cm³/mol. The van der Waals surface area contributed by atoms with Gasteiger partial charge in [0.25, 0.3) is 0 Å². The third-order valence-electron chi connectivity index (χ3n) is 21.3. The maximum Gasteiger partial charge on any atom is 0.311 e.